The van der Waals surface area contributed by atoms with Crippen LogP contribution in [0.5, 0.6) is 0 Å². The van der Waals surface area contributed by atoms with Crippen molar-refractivity contribution in [2.75, 3.05) is 19.6 Å². The predicted molar refractivity (Wildman–Crippen MR) is 96.7 cm³/mol. The van der Waals surface area contributed by atoms with Gasteiger partial charge in [0.05, 0.1) is 12.2 Å². The molecule has 0 spiro atoms. The maximum absolute atomic E-state index is 12.3. The molecule has 0 aliphatic carbocycles. The fourth-order valence-electron chi connectivity index (χ4n) is 2.89. The quantitative estimate of drug-likeness (QED) is 0.617. The summed E-state index contributed by atoms with van der Waals surface area (Å²) in [6, 6.07) is 6.17. The highest BCUT2D eigenvalue weighted by Gasteiger charge is 2.22. The van der Waals surface area contributed by atoms with Crippen LogP contribution in [0.2, 0.25) is 0 Å². The Hall–Kier alpha value is -2.11. The van der Waals surface area contributed by atoms with Crippen molar-refractivity contribution >= 4 is 11.9 Å². The van der Waals surface area contributed by atoms with Gasteiger partial charge in [-0.05, 0) is 45.2 Å². The van der Waals surface area contributed by atoms with Crippen molar-refractivity contribution in [1.29, 1.82) is 0 Å². The Bertz CT molecular complexity index is 531. The Labute approximate surface area is 144 Å². The van der Waals surface area contributed by atoms with Gasteiger partial charge in [0.2, 0.25) is 5.91 Å². The molecule has 0 bridgehead atoms. The molecule has 2 N–H and O–H groups in total. The van der Waals surface area contributed by atoms with Crippen molar-refractivity contribution in [3.63, 3.8) is 0 Å². The first-order valence-electron chi connectivity index (χ1n) is 8.92. The van der Waals surface area contributed by atoms with Crippen molar-refractivity contribution in [2.24, 2.45) is 4.99 Å². The standard InChI is InChI=1S/C18H29N5O/c1-3-19-18(22-14-16-9-4-6-11-20-16)21-12-10-17(24)23-13-7-5-8-15(23)2/h4,6,9,11,15H,3,5,7-8,10,12-14H2,1-2H3,(H2,19,21,22). The Morgan fingerprint density at radius 1 is 1.38 bits per heavy atom. The molecule has 2 heterocycles. The molecule has 6 heteroatoms. The number of piperidine rings is 1. The number of likely N-dealkylation sites (tertiary alicyclic amines) is 1. The number of amides is 1. The second kappa shape index (κ2) is 9.90. The summed E-state index contributed by atoms with van der Waals surface area (Å²) in [6.45, 7) is 6.96. The number of hydrogen-bond acceptors (Lipinski definition) is 3. The van der Waals surface area contributed by atoms with Crippen LogP contribution >= 0.6 is 0 Å². The molecule has 1 aromatic heterocycles. The number of pyridine rings is 1. The number of carbonyl (C=O) groups excluding carboxylic acids is 1. The van der Waals surface area contributed by atoms with Gasteiger partial charge < -0.3 is 15.5 Å². The summed E-state index contributed by atoms with van der Waals surface area (Å²) in [4.78, 5) is 23.1. The van der Waals surface area contributed by atoms with Gasteiger partial charge in [-0.3, -0.25) is 9.78 Å². The third kappa shape index (κ3) is 5.83. The SMILES string of the molecule is CCNC(=NCc1ccccn1)NCCC(=O)N1CCCCC1C. The minimum Gasteiger partial charge on any atom is -0.357 e. The Morgan fingerprint density at radius 3 is 2.96 bits per heavy atom. The van der Waals surface area contributed by atoms with E-state index in [1.807, 2.05) is 30.0 Å². The van der Waals surface area contributed by atoms with Gasteiger partial charge in [-0.15, -0.1) is 0 Å². The molecule has 1 atom stereocenters. The molecule has 1 fully saturated rings. The van der Waals surface area contributed by atoms with Gasteiger partial charge in [0, 0.05) is 38.3 Å². The molecule has 1 aliphatic heterocycles. The van der Waals surface area contributed by atoms with Gasteiger partial charge in [0.15, 0.2) is 5.96 Å². The van der Waals surface area contributed by atoms with E-state index < -0.39 is 0 Å². The normalized spacial score (nSPS) is 18.3. The Balaban J connectivity index is 1.79. The van der Waals surface area contributed by atoms with Crippen LogP contribution < -0.4 is 10.6 Å². The van der Waals surface area contributed by atoms with Crippen LogP contribution in [0.3, 0.4) is 0 Å². The Morgan fingerprint density at radius 2 is 2.25 bits per heavy atom. The summed E-state index contributed by atoms with van der Waals surface area (Å²) in [5, 5.41) is 6.44. The third-order valence-electron chi connectivity index (χ3n) is 4.22. The van der Waals surface area contributed by atoms with E-state index in [1.54, 1.807) is 6.20 Å². The molecule has 6 nitrogen and oxygen atoms in total. The lowest BCUT2D eigenvalue weighted by Gasteiger charge is -2.33. The molecule has 1 unspecified atom stereocenters. The second-order valence-electron chi connectivity index (χ2n) is 6.12. The average Bonchev–Trinajstić information content (AvgIpc) is 2.61. The first-order valence-corrected chi connectivity index (χ1v) is 8.92. The van der Waals surface area contributed by atoms with E-state index in [-0.39, 0.29) is 5.91 Å². The van der Waals surface area contributed by atoms with Gasteiger partial charge >= 0.3 is 0 Å². The number of guanidine groups is 1. The lowest BCUT2D eigenvalue weighted by atomic mass is 10.0. The fourth-order valence-corrected chi connectivity index (χ4v) is 2.89. The number of hydrogen-bond donors (Lipinski definition) is 2. The van der Waals surface area contributed by atoms with Crippen LogP contribution in [-0.2, 0) is 11.3 Å². The van der Waals surface area contributed by atoms with Crippen molar-refractivity contribution < 1.29 is 4.79 Å². The van der Waals surface area contributed by atoms with Gasteiger partial charge in [0.1, 0.15) is 0 Å². The highest BCUT2D eigenvalue weighted by molar-refractivity contribution is 5.81. The van der Waals surface area contributed by atoms with E-state index in [9.17, 15) is 4.79 Å². The molecule has 0 saturated carbocycles. The van der Waals surface area contributed by atoms with Gasteiger partial charge in [-0.1, -0.05) is 6.07 Å². The van der Waals surface area contributed by atoms with Gasteiger partial charge in [0.25, 0.3) is 0 Å². The summed E-state index contributed by atoms with van der Waals surface area (Å²) in [6.07, 6.45) is 5.74. The number of carbonyl (C=O) groups is 1. The van der Waals surface area contributed by atoms with Crippen molar-refractivity contribution in [3.05, 3.63) is 30.1 Å². The van der Waals surface area contributed by atoms with E-state index in [0.29, 0.717) is 25.6 Å². The first-order chi connectivity index (χ1) is 11.7. The van der Waals surface area contributed by atoms with Crippen LogP contribution in [0.4, 0.5) is 0 Å². The minimum atomic E-state index is 0.232. The average molecular weight is 331 g/mol. The molecule has 132 valence electrons. The number of aliphatic imine (C=N–C) groups is 1. The van der Waals surface area contributed by atoms with Gasteiger partial charge in [-0.2, -0.15) is 0 Å². The fraction of sp³-hybridized carbons (Fsp3) is 0.611. The maximum Gasteiger partial charge on any atom is 0.224 e. The monoisotopic (exact) mass is 331 g/mol. The zero-order valence-electron chi connectivity index (χ0n) is 14.8. The smallest absolute Gasteiger partial charge is 0.224 e. The zero-order chi connectivity index (χ0) is 17.2. The Kier molecular flexibility index (Phi) is 7.52. The summed E-state index contributed by atoms with van der Waals surface area (Å²) in [5.74, 6) is 0.956. The summed E-state index contributed by atoms with van der Waals surface area (Å²) >= 11 is 0. The topological polar surface area (TPSA) is 69.6 Å². The zero-order valence-corrected chi connectivity index (χ0v) is 14.8. The number of rotatable bonds is 6. The molecule has 24 heavy (non-hydrogen) atoms. The van der Waals surface area contributed by atoms with E-state index in [2.05, 4.69) is 27.5 Å². The number of nitrogens with one attached hydrogen (secondary N) is 2. The lowest BCUT2D eigenvalue weighted by Crippen LogP contribution is -2.44. The van der Waals surface area contributed by atoms with Crippen LogP contribution in [0.15, 0.2) is 29.4 Å². The van der Waals surface area contributed by atoms with Crippen LogP contribution in [0, 0.1) is 0 Å². The maximum atomic E-state index is 12.3. The van der Waals surface area contributed by atoms with E-state index in [1.165, 1.54) is 6.42 Å². The summed E-state index contributed by atoms with van der Waals surface area (Å²) in [7, 11) is 0. The minimum absolute atomic E-state index is 0.232. The van der Waals surface area contributed by atoms with E-state index in [0.717, 1.165) is 37.6 Å². The number of nitrogens with zero attached hydrogens (tertiary/aromatic N) is 3. The third-order valence-corrected chi connectivity index (χ3v) is 4.22. The molecule has 0 aromatic carbocycles. The first kappa shape index (κ1) is 18.2. The molecule has 0 radical (unpaired) electrons. The summed E-state index contributed by atoms with van der Waals surface area (Å²) < 4.78 is 0. The predicted octanol–water partition coefficient (Wildman–Crippen LogP) is 1.93. The largest absolute Gasteiger partial charge is 0.357 e. The van der Waals surface area contributed by atoms with Crippen molar-refractivity contribution in [3.8, 4) is 0 Å². The molecule has 1 aromatic rings. The molecule has 2 rings (SSSR count). The lowest BCUT2D eigenvalue weighted by molar-refractivity contribution is -0.134. The van der Waals surface area contributed by atoms with Crippen LogP contribution in [0.1, 0.15) is 45.2 Å². The van der Waals surface area contributed by atoms with E-state index in [4.69, 9.17) is 0 Å². The van der Waals surface area contributed by atoms with Crippen LogP contribution in [0.25, 0.3) is 0 Å². The number of aromatic nitrogens is 1. The molecule has 1 saturated heterocycles. The molecule has 1 amide bonds. The van der Waals surface area contributed by atoms with Crippen molar-refractivity contribution in [2.45, 2.75) is 52.1 Å². The van der Waals surface area contributed by atoms with Crippen LogP contribution in [-0.4, -0.2) is 47.4 Å². The van der Waals surface area contributed by atoms with Crippen molar-refractivity contribution in [1.82, 2.24) is 20.5 Å². The summed E-state index contributed by atoms with van der Waals surface area (Å²) in [5.41, 5.74) is 0.924. The molecular weight excluding hydrogens is 302 g/mol. The van der Waals surface area contributed by atoms with Gasteiger partial charge in [-0.25, -0.2) is 4.99 Å². The molecule has 1 aliphatic rings. The second-order valence-corrected chi connectivity index (χ2v) is 6.12. The highest BCUT2D eigenvalue weighted by Crippen LogP contribution is 2.16. The van der Waals surface area contributed by atoms with E-state index >= 15 is 0 Å². The molecular formula is C18H29N5O. The highest BCUT2D eigenvalue weighted by atomic mass is 16.2.